The maximum atomic E-state index is 13.4. The fraction of sp³-hybridized carbons (Fsp3) is 0.429. The summed E-state index contributed by atoms with van der Waals surface area (Å²) in [6.45, 7) is 5.70. The van der Waals surface area contributed by atoms with E-state index in [2.05, 4.69) is 10.6 Å². The van der Waals surface area contributed by atoms with Crippen LogP contribution in [0.4, 0.5) is 9.59 Å². The fourth-order valence-electron chi connectivity index (χ4n) is 4.12. The molecule has 1 unspecified atom stereocenters. The van der Waals surface area contributed by atoms with Crippen LogP contribution in [0.15, 0.2) is 60.7 Å². The second kappa shape index (κ2) is 12.4. The molecule has 1 heterocycles. The van der Waals surface area contributed by atoms with Crippen LogP contribution < -0.4 is 16.4 Å². The smallest absolute Gasteiger partial charge is 0.410 e. The maximum absolute atomic E-state index is 13.4. The summed E-state index contributed by atoms with van der Waals surface area (Å²) in [6, 6.07) is 17.3. The number of hydrogen-bond donors (Lipinski definition) is 3. The molecule has 0 radical (unpaired) electrons. The number of rotatable bonds is 8. The highest BCUT2D eigenvalue weighted by atomic mass is 16.6. The highest BCUT2D eigenvalue weighted by Gasteiger charge is 2.44. The molecule has 1 fully saturated rings. The molecule has 4 amide bonds. The molecule has 1 saturated heterocycles. The number of primary amides is 1. The number of carbonyl (C=O) groups excluding carboxylic acids is 4. The zero-order valence-electron chi connectivity index (χ0n) is 22.1. The number of ether oxygens (including phenoxy) is 2. The van der Waals surface area contributed by atoms with Gasteiger partial charge in [-0.05, 0) is 44.7 Å². The van der Waals surface area contributed by atoms with Crippen molar-refractivity contribution in [3.8, 4) is 0 Å². The first-order valence-corrected chi connectivity index (χ1v) is 12.6. The van der Waals surface area contributed by atoms with E-state index in [4.69, 9.17) is 15.2 Å². The first-order valence-electron chi connectivity index (χ1n) is 12.6. The topological polar surface area (TPSA) is 140 Å². The van der Waals surface area contributed by atoms with E-state index in [1.54, 1.807) is 20.8 Å². The lowest BCUT2D eigenvalue weighted by Gasteiger charge is -2.40. The van der Waals surface area contributed by atoms with E-state index in [1.165, 1.54) is 4.90 Å². The minimum atomic E-state index is -1.37. The average molecular weight is 525 g/mol. The third kappa shape index (κ3) is 8.22. The zero-order chi connectivity index (χ0) is 27.8. The van der Waals surface area contributed by atoms with Gasteiger partial charge in [0.25, 0.3) is 0 Å². The lowest BCUT2D eigenvalue weighted by atomic mass is 9.86. The predicted octanol–water partition coefficient (Wildman–Crippen LogP) is 2.90. The first-order chi connectivity index (χ1) is 18.0. The van der Waals surface area contributed by atoms with Gasteiger partial charge in [0, 0.05) is 19.5 Å². The number of nitrogens with one attached hydrogen (secondary N) is 2. The van der Waals surface area contributed by atoms with Crippen LogP contribution in [0.3, 0.4) is 0 Å². The molecule has 10 heteroatoms. The summed E-state index contributed by atoms with van der Waals surface area (Å²) in [5.41, 5.74) is 5.32. The van der Waals surface area contributed by atoms with Gasteiger partial charge in [0.1, 0.15) is 23.8 Å². The van der Waals surface area contributed by atoms with Crippen molar-refractivity contribution in [1.82, 2.24) is 15.5 Å². The van der Waals surface area contributed by atoms with Crippen molar-refractivity contribution in [1.29, 1.82) is 0 Å². The number of alkyl carbamates (subject to hydrolysis) is 1. The van der Waals surface area contributed by atoms with Crippen molar-refractivity contribution in [2.75, 3.05) is 13.1 Å². The Hall–Kier alpha value is -4.08. The highest BCUT2D eigenvalue weighted by Crippen LogP contribution is 2.24. The molecule has 4 N–H and O–H groups in total. The summed E-state index contributed by atoms with van der Waals surface area (Å²) in [7, 11) is 0. The lowest BCUT2D eigenvalue weighted by Crippen LogP contribution is -2.65. The number of nitrogens with zero attached hydrogens (tertiary/aromatic N) is 1. The normalized spacial score (nSPS) is 15.6. The largest absolute Gasteiger partial charge is 0.445 e. The first kappa shape index (κ1) is 28.5. The van der Waals surface area contributed by atoms with Crippen molar-refractivity contribution in [3.05, 3.63) is 71.8 Å². The molecule has 1 aliphatic rings. The SMILES string of the molecule is CC(C)(C)OC(=O)N1CCC(NC(=O)C(Cc2ccccc2)NC(=O)OCc2ccccc2)(C(N)=O)CC1. The van der Waals surface area contributed by atoms with Crippen molar-refractivity contribution in [3.63, 3.8) is 0 Å². The third-order valence-corrected chi connectivity index (χ3v) is 6.21. The van der Waals surface area contributed by atoms with Gasteiger partial charge < -0.3 is 30.7 Å². The van der Waals surface area contributed by atoms with Gasteiger partial charge in [0.15, 0.2) is 0 Å². The second-order valence-electron chi connectivity index (χ2n) is 10.4. The molecule has 0 bridgehead atoms. The molecule has 1 atom stereocenters. The predicted molar refractivity (Wildman–Crippen MR) is 141 cm³/mol. The summed E-state index contributed by atoms with van der Waals surface area (Å²) in [5.74, 6) is -1.28. The molecule has 1 aliphatic heterocycles. The molecule has 0 aromatic heterocycles. The summed E-state index contributed by atoms with van der Waals surface area (Å²) in [4.78, 5) is 52.5. The van der Waals surface area contributed by atoms with Crippen LogP contribution in [0.1, 0.15) is 44.7 Å². The Bertz CT molecular complexity index is 1110. The summed E-state index contributed by atoms with van der Waals surface area (Å²) in [6.07, 6.45) is -0.857. The summed E-state index contributed by atoms with van der Waals surface area (Å²) >= 11 is 0. The Balaban J connectivity index is 1.69. The quantitative estimate of drug-likeness (QED) is 0.485. The van der Waals surface area contributed by atoms with Gasteiger partial charge in [-0.1, -0.05) is 60.7 Å². The van der Waals surface area contributed by atoms with Crippen LogP contribution in [0.2, 0.25) is 0 Å². The molecular formula is C28H36N4O6. The van der Waals surface area contributed by atoms with Gasteiger partial charge in [-0.2, -0.15) is 0 Å². The average Bonchev–Trinajstić information content (AvgIpc) is 2.87. The van der Waals surface area contributed by atoms with Crippen molar-refractivity contribution in [2.24, 2.45) is 5.73 Å². The highest BCUT2D eigenvalue weighted by molar-refractivity contribution is 5.93. The van der Waals surface area contributed by atoms with Crippen molar-refractivity contribution < 1.29 is 28.7 Å². The minimum Gasteiger partial charge on any atom is -0.445 e. The second-order valence-corrected chi connectivity index (χ2v) is 10.4. The molecule has 0 saturated carbocycles. The number of amides is 4. The number of nitrogens with two attached hydrogens (primary N) is 1. The summed E-state index contributed by atoms with van der Waals surface area (Å²) in [5, 5.41) is 5.40. The molecular weight excluding hydrogens is 488 g/mol. The molecule has 0 aliphatic carbocycles. The van der Waals surface area contributed by atoms with Crippen LogP contribution in [-0.2, 0) is 32.1 Å². The molecule has 3 rings (SSSR count). The standard InChI is InChI=1S/C28H36N4O6/c1-27(2,3)38-26(36)32-16-14-28(15-17-32,24(29)34)31-23(33)22(18-20-10-6-4-7-11-20)30-25(35)37-19-21-12-8-5-9-13-21/h4-13,22H,14-19H2,1-3H3,(H2,29,34)(H,30,35)(H,31,33). The van der Waals surface area contributed by atoms with Gasteiger partial charge >= 0.3 is 12.2 Å². The molecule has 10 nitrogen and oxygen atoms in total. The Labute approximate surface area is 222 Å². The van der Waals surface area contributed by atoms with Crippen LogP contribution in [0.25, 0.3) is 0 Å². The van der Waals surface area contributed by atoms with E-state index in [0.717, 1.165) is 11.1 Å². The van der Waals surface area contributed by atoms with Gasteiger partial charge in [-0.3, -0.25) is 9.59 Å². The van der Waals surface area contributed by atoms with Crippen LogP contribution >= 0.6 is 0 Å². The van der Waals surface area contributed by atoms with E-state index in [-0.39, 0.29) is 39.0 Å². The monoisotopic (exact) mass is 524 g/mol. The molecule has 2 aromatic carbocycles. The summed E-state index contributed by atoms with van der Waals surface area (Å²) < 4.78 is 10.7. The Morgan fingerprint density at radius 3 is 2.03 bits per heavy atom. The maximum Gasteiger partial charge on any atom is 0.410 e. The van der Waals surface area contributed by atoms with Gasteiger partial charge in [-0.25, -0.2) is 9.59 Å². The fourth-order valence-corrected chi connectivity index (χ4v) is 4.12. The van der Waals surface area contributed by atoms with Crippen molar-refractivity contribution in [2.45, 2.75) is 63.8 Å². The zero-order valence-corrected chi connectivity index (χ0v) is 22.1. The third-order valence-electron chi connectivity index (χ3n) is 6.21. The van der Waals surface area contributed by atoms with Crippen LogP contribution in [0.5, 0.6) is 0 Å². The van der Waals surface area contributed by atoms with Gasteiger partial charge in [0.2, 0.25) is 11.8 Å². The number of likely N-dealkylation sites (tertiary alicyclic amines) is 1. The van der Waals surface area contributed by atoms with E-state index in [0.29, 0.717) is 0 Å². The molecule has 204 valence electrons. The Morgan fingerprint density at radius 1 is 0.947 bits per heavy atom. The van der Waals surface area contributed by atoms with Gasteiger partial charge in [0.05, 0.1) is 0 Å². The Kier molecular flexibility index (Phi) is 9.33. The number of hydrogen-bond acceptors (Lipinski definition) is 6. The molecule has 38 heavy (non-hydrogen) atoms. The van der Waals surface area contributed by atoms with E-state index in [1.807, 2.05) is 60.7 Å². The van der Waals surface area contributed by atoms with E-state index >= 15 is 0 Å². The van der Waals surface area contributed by atoms with E-state index < -0.39 is 41.2 Å². The van der Waals surface area contributed by atoms with Crippen molar-refractivity contribution >= 4 is 24.0 Å². The molecule has 2 aromatic rings. The number of benzene rings is 2. The number of piperidine rings is 1. The lowest BCUT2D eigenvalue weighted by molar-refractivity contribution is -0.134. The van der Waals surface area contributed by atoms with Gasteiger partial charge in [-0.15, -0.1) is 0 Å². The minimum absolute atomic E-state index is 0.0398. The molecule has 0 spiro atoms. The van der Waals surface area contributed by atoms with Crippen LogP contribution in [-0.4, -0.2) is 59.2 Å². The Morgan fingerprint density at radius 2 is 1.50 bits per heavy atom. The van der Waals surface area contributed by atoms with Crippen LogP contribution in [0, 0.1) is 0 Å². The van der Waals surface area contributed by atoms with E-state index in [9.17, 15) is 19.2 Å². The number of carbonyl (C=O) groups is 4.